The van der Waals surface area contributed by atoms with Crippen LogP contribution in [0.4, 0.5) is 5.69 Å². The van der Waals surface area contributed by atoms with E-state index in [1.54, 1.807) is 0 Å². The molecule has 0 aliphatic rings. The van der Waals surface area contributed by atoms with E-state index in [1.807, 2.05) is 6.07 Å². The summed E-state index contributed by atoms with van der Waals surface area (Å²) in [4.78, 5) is 13.1. The molecule has 1 aromatic rings. The zero-order valence-electron chi connectivity index (χ0n) is 15.3. The fraction of sp³-hybridized carbons (Fsp3) is 0.632. The predicted octanol–water partition coefficient (Wildman–Crippen LogP) is 5.22. The topological polar surface area (TPSA) is 29.1 Å². The Bertz CT molecular complexity index is 466. The summed E-state index contributed by atoms with van der Waals surface area (Å²) in [5, 5.41) is 3.27. The first-order valence-electron chi connectivity index (χ1n) is 8.82. The molecule has 0 heterocycles. The van der Waals surface area contributed by atoms with Gasteiger partial charge in [-0.3, -0.25) is 0 Å². The summed E-state index contributed by atoms with van der Waals surface area (Å²) in [7, 11) is -1.53. The van der Waals surface area contributed by atoms with Gasteiger partial charge in [0.05, 0.1) is 0 Å². The van der Waals surface area contributed by atoms with E-state index >= 15 is 0 Å². The van der Waals surface area contributed by atoms with Crippen molar-refractivity contribution in [2.75, 3.05) is 23.8 Å². The molecule has 0 radical (unpaired) electrons. The molecule has 1 atom stereocenters. The average Bonchev–Trinajstić information content (AvgIpc) is 2.52. The number of anilines is 1. The summed E-state index contributed by atoms with van der Waals surface area (Å²) in [5.74, 6) is 0.261. The third kappa shape index (κ3) is 4.10. The van der Waals surface area contributed by atoms with E-state index in [0.29, 0.717) is 0 Å². The molecule has 126 valence electrons. The summed E-state index contributed by atoms with van der Waals surface area (Å²) in [6.45, 7) is 13.2. The molecule has 2 nitrogen and oxygen atoms in total. The number of rotatable bonds is 8. The quantitative estimate of drug-likeness (QED) is 0.653. The molecular formula is C19H34NOP. The maximum absolute atomic E-state index is 13.1. The number of hydrogen-bond acceptors (Lipinski definition) is 1. The number of amides is 1. The summed E-state index contributed by atoms with van der Waals surface area (Å²) in [6.07, 6.45) is 5.71. The number of para-hydroxylation sites is 1. The van der Waals surface area contributed by atoms with E-state index in [-0.39, 0.29) is 11.6 Å². The number of nitrogens with one attached hydrogen (secondary N) is 1. The second-order valence-corrected chi connectivity index (χ2v) is 12.1. The van der Waals surface area contributed by atoms with Crippen molar-refractivity contribution in [3.8, 4) is 0 Å². The molecular weight excluding hydrogens is 289 g/mol. The Labute approximate surface area is 137 Å². The molecule has 22 heavy (non-hydrogen) atoms. The Kier molecular flexibility index (Phi) is 7.56. The van der Waals surface area contributed by atoms with Gasteiger partial charge in [0.15, 0.2) is 0 Å². The first-order valence-corrected chi connectivity index (χ1v) is 11.5. The standard InChI is InChI=1S/C19H34NOP/c1-7-12-17(22(8-2,9-3)10-4)19(21)20-18-15(5)13-11-14-16(18)6/h11,13-14,17,22H,7-10,12H2,1-6H3,(H,20,21). The zero-order chi connectivity index (χ0) is 16.8. The molecule has 3 heteroatoms. The second kappa shape index (κ2) is 8.67. The van der Waals surface area contributed by atoms with E-state index < -0.39 is 7.26 Å². The van der Waals surface area contributed by atoms with Crippen LogP contribution >= 0.6 is 7.26 Å². The minimum absolute atomic E-state index is 0.233. The average molecular weight is 323 g/mol. The summed E-state index contributed by atoms with van der Waals surface area (Å²) >= 11 is 0. The van der Waals surface area contributed by atoms with Crippen molar-refractivity contribution in [2.24, 2.45) is 0 Å². The van der Waals surface area contributed by atoms with Crippen molar-refractivity contribution in [3.05, 3.63) is 29.3 Å². The van der Waals surface area contributed by atoms with E-state index in [9.17, 15) is 4.79 Å². The molecule has 1 unspecified atom stereocenters. The first-order chi connectivity index (χ1) is 10.5. The predicted molar refractivity (Wildman–Crippen MR) is 103 cm³/mol. The van der Waals surface area contributed by atoms with Crippen LogP contribution in [-0.4, -0.2) is 30.1 Å². The van der Waals surface area contributed by atoms with Gasteiger partial charge in [0.2, 0.25) is 0 Å². The fourth-order valence-electron chi connectivity index (χ4n) is 3.72. The van der Waals surface area contributed by atoms with Crippen molar-refractivity contribution in [3.63, 3.8) is 0 Å². The third-order valence-corrected chi connectivity index (χ3v) is 11.7. The molecule has 0 aromatic heterocycles. The van der Waals surface area contributed by atoms with Gasteiger partial charge in [0, 0.05) is 0 Å². The zero-order valence-corrected chi connectivity index (χ0v) is 16.3. The molecule has 1 amide bonds. The van der Waals surface area contributed by atoms with Crippen LogP contribution in [-0.2, 0) is 4.79 Å². The molecule has 1 rings (SSSR count). The normalized spacial score (nSPS) is 13.7. The Hall–Kier alpha value is -0.880. The van der Waals surface area contributed by atoms with Crippen LogP contribution in [0.15, 0.2) is 18.2 Å². The second-order valence-electron chi connectivity index (χ2n) is 6.52. The summed E-state index contributed by atoms with van der Waals surface area (Å²) < 4.78 is 0. The van der Waals surface area contributed by atoms with Gasteiger partial charge in [-0.15, -0.1) is 0 Å². The Morgan fingerprint density at radius 2 is 1.55 bits per heavy atom. The molecule has 0 fully saturated rings. The number of carbonyl (C=O) groups excluding carboxylic acids is 1. The van der Waals surface area contributed by atoms with Gasteiger partial charge in [-0.1, -0.05) is 0 Å². The van der Waals surface area contributed by atoms with Gasteiger partial charge in [0.1, 0.15) is 0 Å². The molecule has 0 saturated carbocycles. The third-order valence-electron chi connectivity index (χ3n) is 5.47. The van der Waals surface area contributed by atoms with Gasteiger partial charge >= 0.3 is 137 Å². The van der Waals surface area contributed by atoms with Gasteiger partial charge < -0.3 is 0 Å². The molecule has 0 aliphatic heterocycles. The number of aryl methyl sites for hydroxylation is 2. The molecule has 0 bridgehead atoms. The minimum atomic E-state index is -1.53. The van der Waals surface area contributed by atoms with Crippen LogP contribution in [0.1, 0.15) is 51.7 Å². The van der Waals surface area contributed by atoms with Crippen LogP contribution in [0.3, 0.4) is 0 Å². The molecule has 0 aliphatic carbocycles. The van der Waals surface area contributed by atoms with E-state index in [0.717, 1.165) is 29.7 Å². The van der Waals surface area contributed by atoms with E-state index in [2.05, 4.69) is 59.0 Å². The van der Waals surface area contributed by atoms with Crippen LogP contribution in [0.25, 0.3) is 0 Å². The Balaban J connectivity index is 3.09. The molecule has 1 aromatic carbocycles. The van der Waals surface area contributed by atoms with Crippen molar-refractivity contribution in [1.82, 2.24) is 0 Å². The molecule has 0 spiro atoms. The van der Waals surface area contributed by atoms with Crippen LogP contribution in [0.5, 0.6) is 0 Å². The van der Waals surface area contributed by atoms with Crippen molar-refractivity contribution >= 4 is 18.9 Å². The van der Waals surface area contributed by atoms with Crippen molar-refractivity contribution < 1.29 is 4.79 Å². The monoisotopic (exact) mass is 323 g/mol. The summed E-state index contributed by atoms with van der Waals surface area (Å²) in [5.41, 5.74) is 3.55. The first kappa shape index (κ1) is 19.2. The fourth-order valence-corrected chi connectivity index (χ4v) is 8.22. The van der Waals surface area contributed by atoms with Gasteiger partial charge in [0.25, 0.3) is 0 Å². The SMILES string of the molecule is CCCC(C(=O)Nc1c(C)cccc1C)[PH](CC)(CC)CC. The number of hydrogen-bond donors (Lipinski definition) is 1. The molecule has 1 N–H and O–H groups in total. The van der Waals surface area contributed by atoms with Gasteiger partial charge in [-0.25, -0.2) is 0 Å². The molecule has 0 saturated heterocycles. The number of benzene rings is 1. The van der Waals surface area contributed by atoms with Crippen LogP contribution in [0.2, 0.25) is 0 Å². The van der Waals surface area contributed by atoms with Gasteiger partial charge in [-0.2, -0.15) is 0 Å². The maximum atomic E-state index is 13.1. The number of carbonyl (C=O) groups is 1. The van der Waals surface area contributed by atoms with Gasteiger partial charge in [-0.05, 0) is 0 Å². The van der Waals surface area contributed by atoms with E-state index in [1.165, 1.54) is 18.5 Å². The Morgan fingerprint density at radius 1 is 1.05 bits per heavy atom. The van der Waals surface area contributed by atoms with Crippen LogP contribution in [0, 0.1) is 13.8 Å². The van der Waals surface area contributed by atoms with Crippen LogP contribution < -0.4 is 5.32 Å². The Morgan fingerprint density at radius 3 is 1.95 bits per heavy atom. The summed E-state index contributed by atoms with van der Waals surface area (Å²) in [6, 6.07) is 6.19. The van der Waals surface area contributed by atoms with Crippen molar-refractivity contribution in [2.45, 2.75) is 60.0 Å². The van der Waals surface area contributed by atoms with Crippen molar-refractivity contribution in [1.29, 1.82) is 0 Å². The van der Waals surface area contributed by atoms with E-state index in [4.69, 9.17) is 0 Å².